The van der Waals surface area contributed by atoms with E-state index in [9.17, 15) is 14.0 Å². The van der Waals surface area contributed by atoms with E-state index in [1.165, 1.54) is 29.1 Å². The molecule has 0 atom stereocenters. The van der Waals surface area contributed by atoms with Crippen LogP contribution in [0.3, 0.4) is 0 Å². The van der Waals surface area contributed by atoms with Crippen molar-refractivity contribution in [2.45, 2.75) is 12.8 Å². The lowest BCUT2D eigenvalue weighted by Gasteiger charge is -2.34. The van der Waals surface area contributed by atoms with Gasteiger partial charge in [0, 0.05) is 43.2 Å². The van der Waals surface area contributed by atoms with Gasteiger partial charge < -0.3 is 10.2 Å². The molecule has 2 amide bonds. The first kappa shape index (κ1) is 18.5. The van der Waals surface area contributed by atoms with Gasteiger partial charge in [0.25, 0.3) is 0 Å². The Labute approximate surface area is 156 Å². The number of nitrogens with one attached hydrogen (secondary N) is 1. The number of halogens is 1. The molecule has 0 aliphatic carbocycles. The summed E-state index contributed by atoms with van der Waals surface area (Å²) in [5.41, 5.74) is 0.582. The van der Waals surface area contributed by atoms with Crippen LogP contribution in [-0.2, 0) is 16.0 Å². The lowest BCUT2D eigenvalue weighted by atomic mass is 10.2. The van der Waals surface area contributed by atoms with E-state index in [-0.39, 0.29) is 24.2 Å². The molecule has 1 aromatic heterocycles. The lowest BCUT2D eigenvalue weighted by molar-refractivity contribution is -0.133. The Balaban J connectivity index is 1.38. The second-order valence-corrected chi connectivity index (χ2v) is 7.32. The predicted octanol–water partition coefficient (Wildman–Crippen LogP) is 2.60. The summed E-state index contributed by atoms with van der Waals surface area (Å²) in [5.74, 6) is -0.286. The van der Waals surface area contributed by atoms with Crippen LogP contribution in [0.4, 0.5) is 10.1 Å². The van der Waals surface area contributed by atoms with Crippen molar-refractivity contribution < 1.29 is 14.0 Å². The van der Waals surface area contributed by atoms with Gasteiger partial charge in [0.1, 0.15) is 5.82 Å². The van der Waals surface area contributed by atoms with Gasteiger partial charge in [0.2, 0.25) is 11.8 Å². The Kier molecular flexibility index (Phi) is 6.35. The van der Waals surface area contributed by atoms with Gasteiger partial charge in [-0.05, 0) is 42.1 Å². The normalized spacial score (nSPS) is 15.0. The van der Waals surface area contributed by atoms with Gasteiger partial charge in [-0.15, -0.1) is 11.3 Å². The van der Waals surface area contributed by atoms with Crippen LogP contribution in [0.15, 0.2) is 41.8 Å². The number of rotatable bonds is 6. The molecule has 0 saturated carbocycles. The highest BCUT2D eigenvalue weighted by atomic mass is 32.1. The fourth-order valence-electron chi connectivity index (χ4n) is 2.94. The Hall–Kier alpha value is -2.25. The first-order valence-corrected chi connectivity index (χ1v) is 9.56. The topological polar surface area (TPSA) is 52.7 Å². The number of carbonyl (C=O) groups excluding carboxylic acids is 2. The molecule has 1 fully saturated rings. The lowest BCUT2D eigenvalue weighted by Crippen LogP contribution is -2.50. The molecular formula is C19H22FN3O2S. The summed E-state index contributed by atoms with van der Waals surface area (Å²) in [5, 5.41) is 4.78. The zero-order chi connectivity index (χ0) is 18.4. The zero-order valence-corrected chi connectivity index (χ0v) is 15.3. The minimum atomic E-state index is -0.331. The molecule has 1 N–H and O–H groups in total. The zero-order valence-electron chi connectivity index (χ0n) is 14.5. The predicted molar refractivity (Wildman–Crippen MR) is 101 cm³/mol. The molecule has 138 valence electrons. The van der Waals surface area contributed by atoms with Gasteiger partial charge in [-0.1, -0.05) is 6.07 Å². The van der Waals surface area contributed by atoms with E-state index < -0.39 is 0 Å². The third-order valence-electron chi connectivity index (χ3n) is 4.39. The number of nitrogens with zero attached hydrogens (tertiary/aromatic N) is 2. The molecule has 1 aromatic carbocycles. The van der Waals surface area contributed by atoms with Crippen LogP contribution in [-0.4, -0.2) is 54.3 Å². The number of piperazine rings is 1. The number of thiophene rings is 1. The van der Waals surface area contributed by atoms with E-state index >= 15 is 0 Å². The maximum Gasteiger partial charge on any atom is 0.238 e. The summed E-state index contributed by atoms with van der Waals surface area (Å²) in [7, 11) is 0. The highest BCUT2D eigenvalue weighted by Crippen LogP contribution is 2.13. The van der Waals surface area contributed by atoms with Crippen molar-refractivity contribution in [1.82, 2.24) is 9.80 Å². The van der Waals surface area contributed by atoms with Gasteiger partial charge in [-0.3, -0.25) is 14.5 Å². The fourth-order valence-corrected chi connectivity index (χ4v) is 3.64. The molecule has 2 heterocycles. The summed E-state index contributed by atoms with van der Waals surface area (Å²) in [4.78, 5) is 29.5. The van der Waals surface area contributed by atoms with Gasteiger partial charge >= 0.3 is 0 Å². The summed E-state index contributed by atoms with van der Waals surface area (Å²) in [6.07, 6.45) is 1.32. The monoisotopic (exact) mass is 375 g/mol. The third-order valence-corrected chi connectivity index (χ3v) is 5.32. The molecule has 1 aliphatic rings. The number of aryl methyl sites for hydroxylation is 1. The van der Waals surface area contributed by atoms with E-state index in [4.69, 9.17) is 0 Å². The molecule has 0 spiro atoms. The smallest absolute Gasteiger partial charge is 0.238 e. The first-order valence-electron chi connectivity index (χ1n) is 8.68. The number of hydrogen-bond acceptors (Lipinski definition) is 4. The van der Waals surface area contributed by atoms with Gasteiger partial charge in [0.15, 0.2) is 0 Å². The van der Waals surface area contributed by atoms with Gasteiger partial charge in [-0.25, -0.2) is 4.39 Å². The molecule has 1 saturated heterocycles. The van der Waals surface area contributed by atoms with Crippen molar-refractivity contribution in [2.75, 3.05) is 38.0 Å². The number of carbonyl (C=O) groups is 2. The summed E-state index contributed by atoms with van der Waals surface area (Å²) in [6, 6.07) is 9.76. The van der Waals surface area contributed by atoms with Crippen molar-refractivity contribution in [2.24, 2.45) is 0 Å². The van der Waals surface area contributed by atoms with Crippen molar-refractivity contribution in [3.63, 3.8) is 0 Å². The maximum atomic E-state index is 12.9. The molecule has 0 radical (unpaired) electrons. The van der Waals surface area contributed by atoms with E-state index in [1.54, 1.807) is 11.3 Å². The molecule has 7 heteroatoms. The molecule has 0 unspecified atom stereocenters. The van der Waals surface area contributed by atoms with Crippen LogP contribution >= 0.6 is 11.3 Å². The van der Waals surface area contributed by atoms with Crippen molar-refractivity contribution in [3.05, 3.63) is 52.5 Å². The van der Waals surface area contributed by atoms with Crippen LogP contribution in [0.2, 0.25) is 0 Å². The van der Waals surface area contributed by atoms with E-state index in [1.807, 2.05) is 21.2 Å². The standard InChI is InChI=1S/C19H22FN3O2S/c20-15-3-5-16(6-4-15)21-18(24)14-22-9-11-23(12-10-22)19(25)8-7-17-2-1-13-26-17/h1-6,13H,7-12,14H2,(H,21,24). The Morgan fingerprint density at radius 3 is 2.46 bits per heavy atom. The van der Waals surface area contributed by atoms with Crippen molar-refractivity contribution in [1.29, 1.82) is 0 Å². The molecule has 26 heavy (non-hydrogen) atoms. The number of benzene rings is 1. The Morgan fingerprint density at radius 1 is 1.08 bits per heavy atom. The van der Waals surface area contributed by atoms with E-state index in [0.717, 1.165) is 6.42 Å². The molecular weight excluding hydrogens is 353 g/mol. The summed E-state index contributed by atoms with van der Waals surface area (Å²) < 4.78 is 12.9. The average molecular weight is 375 g/mol. The Morgan fingerprint density at radius 2 is 1.81 bits per heavy atom. The largest absolute Gasteiger partial charge is 0.340 e. The molecule has 1 aliphatic heterocycles. The second kappa shape index (κ2) is 8.91. The average Bonchev–Trinajstić information content (AvgIpc) is 3.16. The maximum absolute atomic E-state index is 12.9. The molecule has 2 aromatic rings. The third kappa shape index (κ3) is 5.37. The Bertz CT molecular complexity index is 726. The van der Waals surface area contributed by atoms with E-state index in [0.29, 0.717) is 38.3 Å². The van der Waals surface area contributed by atoms with Crippen LogP contribution in [0.5, 0.6) is 0 Å². The first-order chi connectivity index (χ1) is 12.6. The minimum absolute atomic E-state index is 0.130. The van der Waals surface area contributed by atoms with E-state index in [2.05, 4.69) is 11.4 Å². The van der Waals surface area contributed by atoms with Gasteiger partial charge in [-0.2, -0.15) is 0 Å². The fraction of sp³-hybridized carbons (Fsp3) is 0.368. The summed E-state index contributed by atoms with van der Waals surface area (Å²) in [6.45, 7) is 2.93. The highest BCUT2D eigenvalue weighted by Gasteiger charge is 2.22. The molecule has 0 bridgehead atoms. The minimum Gasteiger partial charge on any atom is -0.340 e. The summed E-state index contributed by atoms with van der Waals surface area (Å²) >= 11 is 1.68. The molecule has 5 nitrogen and oxygen atoms in total. The van der Waals surface area contributed by atoms with Crippen molar-refractivity contribution >= 4 is 28.8 Å². The van der Waals surface area contributed by atoms with Crippen LogP contribution < -0.4 is 5.32 Å². The van der Waals surface area contributed by atoms with Crippen LogP contribution in [0, 0.1) is 5.82 Å². The van der Waals surface area contributed by atoms with Crippen LogP contribution in [0.25, 0.3) is 0 Å². The van der Waals surface area contributed by atoms with Crippen molar-refractivity contribution in [3.8, 4) is 0 Å². The quantitative estimate of drug-likeness (QED) is 0.844. The number of hydrogen-bond donors (Lipinski definition) is 1. The van der Waals surface area contributed by atoms with Crippen LogP contribution in [0.1, 0.15) is 11.3 Å². The number of amides is 2. The van der Waals surface area contributed by atoms with Gasteiger partial charge in [0.05, 0.1) is 6.54 Å². The SMILES string of the molecule is O=C(CN1CCN(C(=O)CCc2cccs2)CC1)Nc1ccc(F)cc1. The number of anilines is 1. The highest BCUT2D eigenvalue weighted by molar-refractivity contribution is 7.09. The molecule has 3 rings (SSSR count). The second-order valence-electron chi connectivity index (χ2n) is 6.29.